The van der Waals surface area contributed by atoms with Crippen molar-refractivity contribution >= 4 is 7.82 Å². The first-order chi connectivity index (χ1) is 10.8. The van der Waals surface area contributed by atoms with E-state index >= 15 is 0 Å². The Labute approximate surface area is 132 Å². The maximum absolute atomic E-state index is 11.1. The predicted molar refractivity (Wildman–Crippen MR) is 82.4 cm³/mol. The van der Waals surface area contributed by atoms with Gasteiger partial charge in [-0.2, -0.15) is 0 Å². The molecule has 0 aliphatic carbocycles. The molecule has 0 saturated heterocycles. The van der Waals surface area contributed by atoms with Crippen molar-refractivity contribution in [3.8, 4) is 17.2 Å². The van der Waals surface area contributed by atoms with Gasteiger partial charge in [0.15, 0.2) is 0 Å². The summed E-state index contributed by atoms with van der Waals surface area (Å²) in [4.78, 5) is 18.1. The minimum Gasteiger partial charge on any atom is -0.508 e. The van der Waals surface area contributed by atoms with Gasteiger partial charge in [0.1, 0.15) is 17.2 Å². The quantitative estimate of drug-likeness (QED) is 0.509. The maximum Gasteiger partial charge on any atom is 0.524 e. The number of hydrogen-bond donors (Lipinski definition) is 5. The van der Waals surface area contributed by atoms with E-state index in [1.54, 1.807) is 12.1 Å². The van der Waals surface area contributed by atoms with Crippen molar-refractivity contribution in [3.63, 3.8) is 0 Å². The second-order valence-electron chi connectivity index (χ2n) is 4.96. The second kappa shape index (κ2) is 7.02. The van der Waals surface area contributed by atoms with Crippen LogP contribution in [0.25, 0.3) is 0 Å². The molecule has 0 heterocycles. The Balaban J connectivity index is 2.54. The van der Waals surface area contributed by atoms with Crippen LogP contribution in [0.5, 0.6) is 17.2 Å². The molecule has 7 nitrogen and oxygen atoms in total. The summed E-state index contributed by atoms with van der Waals surface area (Å²) < 4.78 is 15.8. The first-order valence-corrected chi connectivity index (χ1v) is 8.31. The largest absolute Gasteiger partial charge is 0.524 e. The van der Waals surface area contributed by atoms with Crippen molar-refractivity contribution in [2.75, 3.05) is 6.61 Å². The molecule has 5 N–H and O–H groups in total. The van der Waals surface area contributed by atoms with E-state index in [0.717, 1.165) is 0 Å². The molecule has 2 aromatic rings. The van der Waals surface area contributed by atoms with Crippen LogP contribution >= 0.6 is 7.82 Å². The van der Waals surface area contributed by atoms with Gasteiger partial charge in [0.05, 0.1) is 0 Å². The molecule has 0 fully saturated rings. The monoisotopic (exact) mass is 340 g/mol. The third-order valence-corrected chi connectivity index (χ3v) is 3.71. The highest BCUT2D eigenvalue weighted by atomic mass is 31.2. The molecule has 0 spiro atoms. The van der Waals surface area contributed by atoms with Crippen LogP contribution in [0.3, 0.4) is 0 Å². The van der Waals surface area contributed by atoms with Crippen LogP contribution in [0.15, 0.2) is 42.5 Å². The number of aromatic hydroxyl groups is 2. The Bertz CT molecular complexity index is 726. The molecule has 124 valence electrons. The molecule has 0 aliphatic rings. The number of phenols is 2. The Kier molecular flexibility index (Phi) is 5.28. The van der Waals surface area contributed by atoms with Crippen molar-refractivity contribution in [2.45, 2.75) is 12.3 Å². The smallest absolute Gasteiger partial charge is 0.508 e. The van der Waals surface area contributed by atoms with Crippen molar-refractivity contribution in [1.29, 1.82) is 0 Å². The average molecular weight is 340 g/mol. The van der Waals surface area contributed by atoms with E-state index in [4.69, 9.17) is 9.79 Å². The van der Waals surface area contributed by atoms with Gasteiger partial charge in [0, 0.05) is 18.1 Å². The zero-order valence-corrected chi connectivity index (χ0v) is 12.9. The van der Waals surface area contributed by atoms with Gasteiger partial charge in [-0.25, -0.2) is 4.57 Å². The van der Waals surface area contributed by atoms with Crippen LogP contribution in [-0.4, -0.2) is 31.7 Å². The van der Waals surface area contributed by atoms with E-state index < -0.39 is 13.7 Å². The fourth-order valence-corrected chi connectivity index (χ4v) is 2.81. The van der Waals surface area contributed by atoms with Crippen LogP contribution in [-0.2, 0) is 4.57 Å². The summed E-state index contributed by atoms with van der Waals surface area (Å²) in [6.07, 6.45) is 0.213. The highest BCUT2D eigenvalue weighted by Crippen LogP contribution is 2.44. The molecule has 0 saturated carbocycles. The van der Waals surface area contributed by atoms with Gasteiger partial charge in [-0.05, 0) is 42.3 Å². The van der Waals surface area contributed by atoms with Crippen LogP contribution in [0, 0.1) is 0 Å². The molecule has 23 heavy (non-hydrogen) atoms. The Hall–Kier alpha value is -2.05. The molecular weight excluding hydrogens is 323 g/mol. The van der Waals surface area contributed by atoms with Crippen molar-refractivity contribution in [1.82, 2.24) is 0 Å². The zero-order chi connectivity index (χ0) is 17.0. The van der Waals surface area contributed by atoms with Gasteiger partial charge in [0.25, 0.3) is 0 Å². The lowest BCUT2D eigenvalue weighted by Gasteiger charge is -2.21. The third kappa shape index (κ3) is 4.71. The standard InChI is InChI=1S/C15H17O7P/c16-7-6-13(10-2-1-3-11(17)8-10)14-9-12(18)4-5-15(14)22-23(19,20)21/h1-5,8-9,13,16-18H,6-7H2,(H2,19,20,21). The third-order valence-electron chi connectivity index (χ3n) is 3.28. The predicted octanol–water partition coefficient (Wildman–Crippen LogP) is 2.08. The Morgan fingerprint density at radius 1 is 1.04 bits per heavy atom. The van der Waals surface area contributed by atoms with E-state index in [2.05, 4.69) is 4.52 Å². The second-order valence-corrected chi connectivity index (χ2v) is 6.13. The number of hydrogen-bond acceptors (Lipinski definition) is 5. The van der Waals surface area contributed by atoms with Crippen LogP contribution in [0.2, 0.25) is 0 Å². The van der Waals surface area contributed by atoms with E-state index in [1.165, 1.54) is 30.3 Å². The molecule has 0 aromatic heterocycles. The fourth-order valence-electron chi connectivity index (χ4n) is 2.39. The van der Waals surface area contributed by atoms with Gasteiger partial charge in [0.2, 0.25) is 0 Å². The Morgan fingerprint density at radius 2 is 1.74 bits per heavy atom. The molecule has 2 aromatic carbocycles. The van der Waals surface area contributed by atoms with Crippen LogP contribution in [0.1, 0.15) is 23.5 Å². The molecule has 0 bridgehead atoms. The van der Waals surface area contributed by atoms with Gasteiger partial charge < -0.3 is 19.8 Å². The van der Waals surface area contributed by atoms with Crippen molar-refractivity contribution < 1.29 is 34.2 Å². The van der Waals surface area contributed by atoms with E-state index in [-0.39, 0.29) is 30.3 Å². The van der Waals surface area contributed by atoms with E-state index in [0.29, 0.717) is 11.1 Å². The van der Waals surface area contributed by atoms with Crippen molar-refractivity contribution in [2.24, 2.45) is 0 Å². The summed E-state index contributed by atoms with van der Waals surface area (Å²) in [6, 6.07) is 10.1. The van der Waals surface area contributed by atoms with E-state index in [9.17, 15) is 19.9 Å². The summed E-state index contributed by atoms with van der Waals surface area (Å²) in [5, 5.41) is 28.6. The Morgan fingerprint density at radius 3 is 2.35 bits per heavy atom. The molecule has 8 heteroatoms. The van der Waals surface area contributed by atoms with Gasteiger partial charge >= 0.3 is 7.82 Å². The summed E-state index contributed by atoms with van der Waals surface area (Å²) in [5.74, 6) is -0.720. The average Bonchev–Trinajstić information content (AvgIpc) is 2.45. The molecule has 0 aliphatic heterocycles. The zero-order valence-electron chi connectivity index (χ0n) is 12.0. The summed E-state index contributed by atoms with van der Waals surface area (Å²) in [5.41, 5.74) is 0.910. The van der Waals surface area contributed by atoms with Crippen LogP contribution < -0.4 is 4.52 Å². The number of phenolic OH excluding ortho intramolecular Hbond substituents is 2. The molecule has 1 unspecified atom stereocenters. The number of rotatable bonds is 6. The summed E-state index contributed by atoms with van der Waals surface area (Å²) in [6.45, 7) is -0.203. The number of aliphatic hydroxyl groups excluding tert-OH is 1. The molecule has 0 amide bonds. The maximum atomic E-state index is 11.1. The topological polar surface area (TPSA) is 127 Å². The van der Waals surface area contributed by atoms with Gasteiger partial charge in [-0.3, -0.25) is 9.79 Å². The molecular formula is C15H17O7P. The van der Waals surface area contributed by atoms with E-state index in [1.807, 2.05) is 0 Å². The highest BCUT2D eigenvalue weighted by Gasteiger charge is 2.24. The van der Waals surface area contributed by atoms with Gasteiger partial charge in [-0.15, -0.1) is 0 Å². The van der Waals surface area contributed by atoms with Crippen molar-refractivity contribution in [3.05, 3.63) is 53.6 Å². The molecule has 1 atom stereocenters. The number of aliphatic hydroxyl groups is 1. The van der Waals surface area contributed by atoms with Crippen LogP contribution in [0.4, 0.5) is 0 Å². The molecule has 0 radical (unpaired) electrons. The first kappa shape index (κ1) is 17.3. The highest BCUT2D eigenvalue weighted by molar-refractivity contribution is 7.46. The van der Waals surface area contributed by atoms with Gasteiger partial charge in [-0.1, -0.05) is 12.1 Å². The summed E-state index contributed by atoms with van der Waals surface area (Å²) in [7, 11) is -4.78. The lowest BCUT2D eigenvalue weighted by Crippen LogP contribution is -2.06. The fraction of sp³-hybridized carbons (Fsp3) is 0.200. The lowest BCUT2D eigenvalue weighted by molar-refractivity contribution is 0.275. The normalized spacial score (nSPS) is 12.8. The SMILES string of the molecule is O=P(O)(O)Oc1ccc(O)cc1C(CCO)c1cccc(O)c1. The minimum atomic E-state index is -4.78. The minimum absolute atomic E-state index is 0.0167. The number of phosphoric acid groups is 1. The lowest BCUT2D eigenvalue weighted by atomic mass is 9.88. The number of benzene rings is 2. The summed E-state index contributed by atoms with van der Waals surface area (Å²) >= 11 is 0. The number of phosphoric ester groups is 1. The first-order valence-electron chi connectivity index (χ1n) is 6.78. The molecule has 2 rings (SSSR count).